The molecule has 4 fully saturated rings. The molecule has 1 aliphatic heterocycles. The van der Waals surface area contributed by atoms with E-state index < -0.39 is 15.6 Å². The summed E-state index contributed by atoms with van der Waals surface area (Å²) >= 11 is 0. The van der Waals surface area contributed by atoms with Crippen molar-refractivity contribution >= 4 is 16.0 Å². The first-order valence-electron chi connectivity index (χ1n) is 23.0. The zero-order chi connectivity index (χ0) is 42.8. The van der Waals surface area contributed by atoms with Gasteiger partial charge < -0.3 is 14.2 Å². The molecule has 1 heterocycles. The summed E-state index contributed by atoms with van der Waals surface area (Å²) in [6, 6.07) is 17.2. The number of aryl methyl sites for hydroxylation is 1. The molecule has 0 spiro atoms. The topological polar surface area (TPSA) is 90.9 Å². The van der Waals surface area contributed by atoms with Crippen molar-refractivity contribution in [1.29, 1.82) is 0 Å². The summed E-state index contributed by atoms with van der Waals surface area (Å²) < 4.78 is 50.8. The quantitative estimate of drug-likeness (QED) is 0.160. The second-order valence-electron chi connectivity index (χ2n) is 21.4. The Kier molecular flexibility index (Phi) is 12.1. The van der Waals surface area contributed by atoms with Gasteiger partial charge in [-0.2, -0.15) is 0 Å². The number of benzene rings is 2. The lowest BCUT2D eigenvalue weighted by atomic mass is 9.34. The Morgan fingerprint density at radius 2 is 1.61 bits per heavy atom. The highest BCUT2D eigenvalue weighted by Gasteiger charge is 2.71. The predicted octanol–water partition coefficient (Wildman–Crippen LogP) is 11.1. The molecule has 5 aliphatic rings. The van der Waals surface area contributed by atoms with Gasteiger partial charge in [0.15, 0.2) is 0 Å². The maximum atomic E-state index is 14.8. The van der Waals surface area contributed by atoms with Gasteiger partial charge in [0.05, 0.1) is 42.3 Å². The van der Waals surface area contributed by atoms with Crippen LogP contribution in [0.15, 0.2) is 71.1 Å². The number of sulfonamides is 1. The van der Waals surface area contributed by atoms with Gasteiger partial charge >= 0.3 is 5.97 Å². The van der Waals surface area contributed by atoms with Gasteiger partial charge in [-0.15, -0.1) is 0 Å². The number of carbonyl (C=O) groups is 1. The van der Waals surface area contributed by atoms with E-state index in [0.29, 0.717) is 56.3 Å². The molecule has 7 rings (SSSR count). The van der Waals surface area contributed by atoms with Crippen LogP contribution in [-0.2, 0) is 35.6 Å². The number of allylic oxidation sites excluding steroid dienone is 1. The van der Waals surface area contributed by atoms with E-state index in [2.05, 4.69) is 80.0 Å². The summed E-state index contributed by atoms with van der Waals surface area (Å²) in [7, 11) is -3.74. The molecule has 59 heavy (non-hydrogen) atoms. The summed E-state index contributed by atoms with van der Waals surface area (Å²) in [4.78, 5) is 15.1. The van der Waals surface area contributed by atoms with Gasteiger partial charge in [0.1, 0.15) is 6.61 Å². The van der Waals surface area contributed by atoms with Crippen LogP contribution < -0.4 is 4.72 Å². The maximum Gasteiger partial charge on any atom is 0.310 e. The SMILES string of the molecule is CCC(CC)(CO[C@H]1[C@H](C)C[C@@]23COC[C@@]1(C)[C@@H]2CC[C@H]1C3=CC[C@@]2(C)[C@H](C(=O)OCc3ccccc3)[C@@](C)([C@H](C)C(C)C)CC[C@]12C)NS(=O)(=O)c1ccc(C)cc1. The van der Waals surface area contributed by atoms with Crippen LogP contribution in [0.1, 0.15) is 132 Å². The van der Waals surface area contributed by atoms with E-state index in [1.165, 1.54) is 0 Å². The zero-order valence-electron chi connectivity index (χ0n) is 38.2. The van der Waals surface area contributed by atoms with Gasteiger partial charge in [-0.1, -0.05) is 129 Å². The van der Waals surface area contributed by atoms with E-state index in [0.717, 1.165) is 56.3 Å². The molecule has 0 aromatic heterocycles. The van der Waals surface area contributed by atoms with Crippen molar-refractivity contribution in [3.05, 3.63) is 77.4 Å². The minimum absolute atomic E-state index is 0.0304. The fraction of sp³-hybridized carbons (Fsp3) is 0.706. The van der Waals surface area contributed by atoms with Gasteiger partial charge in [-0.05, 0) is 122 Å². The van der Waals surface area contributed by atoms with Crippen molar-refractivity contribution in [3.63, 3.8) is 0 Å². The Labute approximate surface area is 357 Å². The first kappa shape index (κ1) is 44.5. The highest BCUT2D eigenvalue weighted by Crippen LogP contribution is 2.75. The fourth-order valence-corrected chi connectivity index (χ4v) is 15.6. The second-order valence-corrected chi connectivity index (χ2v) is 23.1. The van der Waals surface area contributed by atoms with Crippen LogP contribution in [0.4, 0.5) is 0 Å². The number of fused-ring (bicyclic) bond motifs is 3. The standard InChI is InChI=1S/C51H75NO6S/c1-12-50(13-2,52-59(54,55)39-21-19-35(5)20-22-39)32-58-44-36(6)29-51-33-56-31-47(44,9)42(51)24-23-40-41(51)25-26-49(11)43(45(53)57-30-38-17-15-14-16-18-38)46(8,37(7)34(3)4)27-28-48(40,49)10/h14-22,25,34,36-37,40,42-44,52H,12-13,23-24,26-33H2,1-11H3/t36-,37-,40+,42+,43-,44+,46-,47+,48-,49+,51+/m1/s1. The molecule has 0 radical (unpaired) electrons. The molecule has 326 valence electrons. The lowest BCUT2D eigenvalue weighted by Crippen LogP contribution is -2.69. The summed E-state index contributed by atoms with van der Waals surface area (Å²) in [5.41, 5.74) is 2.06. The van der Waals surface area contributed by atoms with Crippen molar-refractivity contribution in [2.24, 2.45) is 62.6 Å². The minimum atomic E-state index is -3.74. The number of nitrogens with one attached hydrogen (secondary N) is 1. The predicted molar refractivity (Wildman–Crippen MR) is 236 cm³/mol. The van der Waals surface area contributed by atoms with Gasteiger partial charge in [0, 0.05) is 10.8 Å². The third-order valence-electron chi connectivity index (χ3n) is 18.2. The molecule has 3 saturated carbocycles. The molecule has 4 aliphatic carbocycles. The molecule has 1 saturated heterocycles. The van der Waals surface area contributed by atoms with Crippen molar-refractivity contribution in [1.82, 2.24) is 4.72 Å². The Balaban J connectivity index is 1.18. The van der Waals surface area contributed by atoms with E-state index >= 15 is 0 Å². The number of esters is 1. The average Bonchev–Trinajstić information content (AvgIpc) is 3.20. The Hall–Kier alpha value is -2.52. The fourth-order valence-electron chi connectivity index (χ4n) is 14.1. The molecule has 7 nitrogen and oxygen atoms in total. The summed E-state index contributed by atoms with van der Waals surface area (Å²) in [5.74, 6) is 1.56. The highest BCUT2D eigenvalue weighted by atomic mass is 32.2. The molecule has 8 heteroatoms. The normalized spacial score (nSPS) is 37.4. The van der Waals surface area contributed by atoms with Crippen molar-refractivity contribution in [3.8, 4) is 0 Å². The average molecular weight is 830 g/mol. The van der Waals surface area contributed by atoms with Gasteiger partial charge in [0.2, 0.25) is 10.0 Å². The number of hydrogen-bond acceptors (Lipinski definition) is 6. The third kappa shape index (κ3) is 7.20. The zero-order valence-corrected chi connectivity index (χ0v) is 39.0. The van der Waals surface area contributed by atoms with E-state index in [9.17, 15) is 13.2 Å². The largest absolute Gasteiger partial charge is 0.461 e. The monoisotopic (exact) mass is 830 g/mol. The molecular formula is C51H75NO6S. The number of ether oxygens (including phenoxy) is 3. The Morgan fingerprint density at radius 3 is 2.25 bits per heavy atom. The molecule has 2 bridgehead atoms. The Bertz CT molecular complexity index is 1980. The third-order valence-corrected chi connectivity index (χ3v) is 19.8. The lowest BCUT2D eigenvalue weighted by Gasteiger charge is -2.71. The molecule has 1 N–H and O–H groups in total. The van der Waals surface area contributed by atoms with Crippen molar-refractivity contribution in [2.75, 3.05) is 19.8 Å². The molecule has 11 atom stereocenters. The van der Waals surface area contributed by atoms with Crippen LogP contribution in [0, 0.1) is 69.5 Å². The Morgan fingerprint density at radius 1 is 0.932 bits per heavy atom. The highest BCUT2D eigenvalue weighted by molar-refractivity contribution is 7.89. The summed E-state index contributed by atoms with van der Waals surface area (Å²) in [6.07, 6.45) is 9.91. The van der Waals surface area contributed by atoms with Crippen LogP contribution in [0.5, 0.6) is 0 Å². The first-order valence-corrected chi connectivity index (χ1v) is 24.5. The van der Waals surface area contributed by atoms with Crippen LogP contribution in [0.2, 0.25) is 0 Å². The summed E-state index contributed by atoms with van der Waals surface area (Å²) in [5, 5.41) is 0. The van der Waals surface area contributed by atoms with Crippen LogP contribution in [0.25, 0.3) is 0 Å². The number of hydrogen-bond donors (Lipinski definition) is 1. The molecule has 0 unspecified atom stereocenters. The molecule has 0 amide bonds. The molecule has 2 aromatic carbocycles. The molecular weight excluding hydrogens is 755 g/mol. The minimum Gasteiger partial charge on any atom is -0.461 e. The maximum absolute atomic E-state index is 14.8. The van der Waals surface area contributed by atoms with Crippen molar-refractivity contribution in [2.45, 2.75) is 151 Å². The van der Waals surface area contributed by atoms with Gasteiger partial charge in [-0.3, -0.25) is 4.79 Å². The molecule has 2 aromatic rings. The second kappa shape index (κ2) is 16.0. The lowest BCUT2D eigenvalue weighted by molar-refractivity contribution is -0.253. The number of rotatable bonds is 13. The van der Waals surface area contributed by atoms with Gasteiger partial charge in [0.25, 0.3) is 0 Å². The number of carbonyl (C=O) groups excluding carboxylic acids is 1. The first-order chi connectivity index (χ1) is 27.8. The van der Waals surface area contributed by atoms with E-state index in [-0.39, 0.29) is 55.9 Å². The smallest absolute Gasteiger partial charge is 0.310 e. The van der Waals surface area contributed by atoms with Crippen LogP contribution >= 0.6 is 0 Å². The van der Waals surface area contributed by atoms with Gasteiger partial charge in [-0.25, -0.2) is 13.1 Å². The van der Waals surface area contributed by atoms with Crippen LogP contribution in [0.3, 0.4) is 0 Å². The summed E-state index contributed by atoms with van der Waals surface area (Å²) in [6.45, 7) is 27.2. The van der Waals surface area contributed by atoms with E-state index in [1.807, 2.05) is 49.4 Å². The van der Waals surface area contributed by atoms with Crippen molar-refractivity contribution < 1.29 is 27.4 Å². The van der Waals surface area contributed by atoms with E-state index in [1.54, 1.807) is 17.7 Å². The van der Waals surface area contributed by atoms with Crippen LogP contribution in [-0.4, -0.2) is 45.9 Å². The van der Waals surface area contributed by atoms with E-state index in [4.69, 9.17) is 14.2 Å².